The molecular weight excluding hydrogens is 348 g/mol. The summed E-state index contributed by atoms with van der Waals surface area (Å²) >= 11 is 3.48. The summed E-state index contributed by atoms with van der Waals surface area (Å²) in [6, 6.07) is 5.65. The number of H-pyrrole nitrogens is 1. The van der Waals surface area contributed by atoms with Gasteiger partial charge in [-0.1, -0.05) is 0 Å². The Bertz CT molecular complexity index is 832. The number of halogens is 1. The summed E-state index contributed by atoms with van der Waals surface area (Å²) in [6.07, 6.45) is 1.73. The Kier molecular flexibility index (Phi) is 3.89. The van der Waals surface area contributed by atoms with Crippen LogP contribution in [0.4, 0.5) is 5.69 Å². The maximum absolute atomic E-state index is 5.33. The average Bonchev–Trinajstić information content (AvgIpc) is 2.98. The second-order valence-electron chi connectivity index (χ2n) is 4.58. The Morgan fingerprint density at radius 2 is 1.95 bits per heavy atom. The van der Waals surface area contributed by atoms with Crippen molar-refractivity contribution in [3.05, 3.63) is 28.9 Å². The Labute approximate surface area is 136 Å². The predicted octanol–water partition coefficient (Wildman–Crippen LogP) is 3.45. The lowest BCUT2D eigenvalue weighted by Gasteiger charge is -2.08. The Hall–Kier alpha value is -2.28. The lowest BCUT2D eigenvalue weighted by Crippen LogP contribution is -1.92. The molecule has 0 spiro atoms. The van der Waals surface area contributed by atoms with Gasteiger partial charge in [-0.25, -0.2) is 9.97 Å². The Morgan fingerprint density at radius 1 is 1.18 bits per heavy atom. The Morgan fingerprint density at radius 3 is 2.64 bits per heavy atom. The second kappa shape index (κ2) is 5.84. The minimum atomic E-state index is 0.650. The molecule has 6 nitrogen and oxygen atoms in total. The first-order valence-electron chi connectivity index (χ1n) is 6.62. The first-order chi connectivity index (χ1) is 10.7. The third-order valence-corrected chi connectivity index (χ3v) is 3.98. The lowest BCUT2D eigenvalue weighted by molar-refractivity contribution is 0.355. The molecule has 0 amide bonds. The zero-order valence-electron chi connectivity index (χ0n) is 12.4. The van der Waals surface area contributed by atoms with Crippen molar-refractivity contribution < 1.29 is 9.47 Å². The SMILES string of the molecule is CNc1c(Br)cnc2nc(-c3ccc(OC)c(OC)c3)[nH]c12. The van der Waals surface area contributed by atoms with E-state index in [-0.39, 0.29) is 0 Å². The molecule has 3 aromatic rings. The molecule has 1 aromatic carbocycles. The summed E-state index contributed by atoms with van der Waals surface area (Å²) in [6.45, 7) is 0. The van der Waals surface area contributed by atoms with Crippen LogP contribution in [0.15, 0.2) is 28.9 Å². The van der Waals surface area contributed by atoms with E-state index in [4.69, 9.17) is 9.47 Å². The fourth-order valence-electron chi connectivity index (χ4n) is 2.30. The summed E-state index contributed by atoms with van der Waals surface area (Å²) < 4.78 is 11.5. The number of aromatic nitrogens is 3. The summed E-state index contributed by atoms with van der Waals surface area (Å²) in [5, 5.41) is 3.14. The van der Waals surface area contributed by atoms with Gasteiger partial charge in [-0.05, 0) is 34.1 Å². The van der Waals surface area contributed by atoms with Crippen molar-refractivity contribution in [2.75, 3.05) is 26.6 Å². The smallest absolute Gasteiger partial charge is 0.180 e. The number of benzene rings is 1. The van der Waals surface area contributed by atoms with E-state index in [1.807, 2.05) is 25.2 Å². The maximum atomic E-state index is 5.33. The third-order valence-electron chi connectivity index (χ3n) is 3.38. The van der Waals surface area contributed by atoms with Crippen molar-refractivity contribution in [3.8, 4) is 22.9 Å². The fraction of sp³-hybridized carbons (Fsp3) is 0.200. The maximum Gasteiger partial charge on any atom is 0.180 e. The molecule has 0 atom stereocenters. The topological polar surface area (TPSA) is 72.1 Å². The van der Waals surface area contributed by atoms with Crippen LogP contribution in [0.2, 0.25) is 0 Å². The van der Waals surface area contributed by atoms with Gasteiger partial charge in [0.25, 0.3) is 0 Å². The molecule has 0 saturated heterocycles. The first-order valence-corrected chi connectivity index (χ1v) is 7.41. The molecule has 7 heteroatoms. The number of hydrogen-bond donors (Lipinski definition) is 2. The zero-order chi connectivity index (χ0) is 15.7. The zero-order valence-corrected chi connectivity index (χ0v) is 14.0. The van der Waals surface area contributed by atoms with E-state index in [9.17, 15) is 0 Å². The molecule has 0 radical (unpaired) electrons. The van der Waals surface area contributed by atoms with Gasteiger partial charge < -0.3 is 19.8 Å². The number of hydrogen-bond acceptors (Lipinski definition) is 5. The molecule has 0 saturated carbocycles. The number of anilines is 1. The molecule has 0 aliphatic rings. The number of rotatable bonds is 4. The van der Waals surface area contributed by atoms with E-state index in [1.54, 1.807) is 20.4 Å². The molecule has 2 aromatic heterocycles. The van der Waals surface area contributed by atoms with Gasteiger partial charge in [0.05, 0.1) is 24.4 Å². The van der Waals surface area contributed by atoms with Crippen molar-refractivity contribution >= 4 is 32.8 Å². The molecule has 2 heterocycles. The van der Waals surface area contributed by atoms with Gasteiger partial charge in [0.15, 0.2) is 17.1 Å². The van der Waals surface area contributed by atoms with E-state index in [2.05, 4.69) is 36.2 Å². The van der Waals surface area contributed by atoms with E-state index < -0.39 is 0 Å². The van der Waals surface area contributed by atoms with Crippen molar-refractivity contribution in [1.82, 2.24) is 15.0 Å². The molecule has 22 heavy (non-hydrogen) atoms. The van der Waals surface area contributed by atoms with Crippen LogP contribution in [0.5, 0.6) is 11.5 Å². The van der Waals surface area contributed by atoms with Crippen LogP contribution in [0, 0.1) is 0 Å². The molecular formula is C15H15BrN4O2. The molecule has 0 fully saturated rings. The van der Waals surface area contributed by atoms with Gasteiger partial charge in [-0.2, -0.15) is 0 Å². The number of aromatic amines is 1. The molecule has 3 rings (SSSR count). The molecule has 0 aliphatic carbocycles. The van der Waals surface area contributed by atoms with E-state index in [0.717, 1.165) is 27.1 Å². The lowest BCUT2D eigenvalue weighted by atomic mass is 10.2. The largest absolute Gasteiger partial charge is 0.493 e. The molecule has 0 bridgehead atoms. The number of nitrogens with one attached hydrogen (secondary N) is 2. The van der Waals surface area contributed by atoms with Gasteiger partial charge in [0, 0.05) is 18.8 Å². The highest BCUT2D eigenvalue weighted by molar-refractivity contribution is 9.10. The van der Waals surface area contributed by atoms with E-state index >= 15 is 0 Å². The number of pyridine rings is 1. The number of ether oxygens (including phenoxy) is 2. The third kappa shape index (κ3) is 2.37. The van der Waals surface area contributed by atoms with Crippen LogP contribution >= 0.6 is 15.9 Å². The van der Waals surface area contributed by atoms with Gasteiger partial charge in [-0.15, -0.1) is 0 Å². The normalized spacial score (nSPS) is 10.7. The molecule has 0 unspecified atom stereocenters. The summed E-state index contributed by atoms with van der Waals surface area (Å²) in [4.78, 5) is 12.2. The van der Waals surface area contributed by atoms with Gasteiger partial charge in [-0.3, -0.25) is 0 Å². The summed E-state index contributed by atoms with van der Waals surface area (Å²) in [5.41, 5.74) is 3.32. The van der Waals surface area contributed by atoms with Crippen LogP contribution < -0.4 is 14.8 Å². The molecule has 2 N–H and O–H groups in total. The van der Waals surface area contributed by atoms with Crippen molar-refractivity contribution in [1.29, 1.82) is 0 Å². The summed E-state index contributed by atoms with van der Waals surface area (Å²) in [5.74, 6) is 2.06. The molecule has 0 aliphatic heterocycles. The van der Waals surface area contributed by atoms with Crippen molar-refractivity contribution in [3.63, 3.8) is 0 Å². The van der Waals surface area contributed by atoms with Gasteiger partial charge in [0.2, 0.25) is 0 Å². The van der Waals surface area contributed by atoms with Crippen LogP contribution in [-0.4, -0.2) is 36.2 Å². The number of methoxy groups -OCH3 is 2. The second-order valence-corrected chi connectivity index (χ2v) is 5.44. The van der Waals surface area contributed by atoms with Gasteiger partial charge in [0.1, 0.15) is 11.3 Å². The van der Waals surface area contributed by atoms with Crippen LogP contribution in [0.25, 0.3) is 22.6 Å². The minimum Gasteiger partial charge on any atom is -0.493 e. The van der Waals surface area contributed by atoms with Gasteiger partial charge >= 0.3 is 0 Å². The minimum absolute atomic E-state index is 0.650. The number of nitrogens with zero attached hydrogens (tertiary/aromatic N) is 2. The quantitative estimate of drug-likeness (QED) is 0.743. The van der Waals surface area contributed by atoms with Crippen molar-refractivity contribution in [2.24, 2.45) is 0 Å². The number of imidazole rings is 1. The van der Waals surface area contributed by atoms with E-state index in [1.165, 1.54) is 0 Å². The highest BCUT2D eigenvalue weighted by Gasteiger charge is 2.13. The Balaban J connectivity index is 2.14. The fourth-order valence-corrected chi connectivity index (χ4v) is 2.80. The van der Waals surface area contributed by atoms with Crippen molar-refractivity contribution in [2.45, 2.75) is 0 Å². The van der Waals surface area contributed by atoms with E-state index in [0.29, 0.717) is 17.1 Å². The standard InChI is InChI=1S/C15H15BrN4O2/c1-17-12-9(16)7-18-15-13(12)19-14(20-15)8-4-5-10(21-2)11(6-8)22-3/h4-7H,1-3H3,(H2,17,18,19,20). The highest BCUT2D eigenvalue weighted by Crippen LogP contribution is 2.34. The monoisotopic (exact) mass is 362 g/mol. The number of fused-ring (bicyclic) bond motifs is 1. The molecule has 114 valence electrons. The summed E-state index contributed by atoms with van der Waals surface area (Å²) in [7, 11) is 5.08. The predicted molar refractivity (Wildman–Crippen MR) is 89.7 cm³/mol. The van der Waals surface area contributed by atoms with Crippen LogP contribution in [0.1, 0.15) is 0 Å². The van der Waals surface area contributed by atoms with Crippen LogP contribution in [0.3, 0.4) is 0 Å². The first kappa shape index (κ1) is 14.6. The highest BCUT2D eigenvalue weighted by atomic mass is 79.9. The van der Waals surface area contributed by atoms with Crippen LogP contribution in [-0.2, 0) is 0 Å². The average molecular weight is 363 g/mol.